The molecule has 0 spiro atoms. The molecule has 120 valence electrons. The van der Waals surface area contributed by atoms with Gasteiger partial charge in [0.25, 0.3) is 0 Å². The average molecular weight is 320 g/mol. The fraction of sp³-hybridized carbons (Fsp3) is 0.812. The summed E-state index contributed by atoms with van der Waals surface area (Å²) in [6.45, 7) is 1.74. The van der Waals surface area contributed by atoms with E-state index in [4.69, 9.17) is 12.2 Å². The Morgan fingerprint density at radius 3 is 2.55 bits per heavy atom. The molecule has 1 aromatic heterocycles. The predicted octanol–water partition coefficient (Wildman–Crippen LogP) is 2.62. The van der Waals surface area contributed by atoms with Gasteiger partial charge in [0.15, 0.2) is 4.77 Å². The van der Waals surface area contributed by atoms with Crippen LogP contribution in [0.1, 0.15) is 50.3 Å². The van der Waals surface area contributed by atoms with E-state index in [2.05, 4.69) is 15.1 Å². The Morgan fingerprint density at radius 1 is 1.27 bits per heavy atom. The number of carbonyl (C=O) groups is 1. The highest BCUT2D eigenvalue weighted by Gasteiger charge is 2.50. The zero-order valence-electron chi connectivity index (χ0n) is 13.1. The van der Waals surface area contributed by atoms with Gasteiger partial charge in [-0.25, -0.2) is 0 Å². The van der Waals surface area contributed by atoms with E-state index in [9.17, 15) is 4.79 Å². The number of hydrogen-bond donors (Lipinski definition) is 1. The SMILES string of the molecule is Cn1c(C2CCN(C(=O)C3CC3C3CCC3)CC2)n[nH]c1=S. The Balaban J connectivity index is 1.33. The summed E-state index contributed by atoms with van der Waals surface area (Å²) in [6.07, 6.45) is 7.24. The summed E-state index contributed by atoms with van der Waals surface area (Å²) >= 11 is 5.19. The van der Waals surface area contributed by atoms with Crippen molar-refractivity contribution >= 4 is 18.1 Å². The minimum absolute atomic E-state index is 0.350. The number of nitrogens with one attached hydrogen (secondary N) is 1. The first-order valence-corrected chi connectivity index (χ1v) is 8.96. The van der Waals surface area contributed by atoms with Crippen LogP contribution in [0.15, 0.2) is 0 Å². The van der Waals surface area contributed by atoms with Crippen LogP contribution in [-0.4, -0.2) is 38.7 Å². The Morgan fingerprint density at radius 2 is 2.00 bits per heavy atom. The molecule has 1 aliphatic heterocycles. The average Bonchev–Trinajstić information content (AvgIpc) is 3.17. The number of carbonyl (C=O) groups excluding carboxylic acids is 1. The molecule has 0 radical (unpaired) electrons. The highest BCUT2D eigenvalue weighted by molar-refractivity contribution is 7.71. The van der Waals surface area contributed by atoms with Crippen molar-refractivity contribution in [3.63, 3.8) is 0 Å². The second-order valence-electron chi connectivity index (χ2n) is 7.24. The summed E-state index contributed by atoms with van der Waals surface area (Å²) in [6, 6.07) is 0. The quantitative estimate of drug-likeness (QED) is 0.871. The third-order valence-electron chi connectivity index (χ3n) is 6.00. The second-order valence-corrected chi connectivity index (χ2v) is 7.63. The zero-order valence-corrected chi connectivity index (χ0v) is 13.9. The summed E-state index contributed by atoms with van der Waals surface area (Å²) in [5.41, 5.74) is 0. The van der Waals surface area contributed by atoms with E-state index in [1.807, 2.05) is 11.6 Å². The van der Waals surface area contributed by atoms with E-state index >= 15 is 0 Å². The molecule has 3 fully saturated rings. The number of aromatic nitrogens is 3. The Labute approximate surface area is 136 Å². The number of H-pyrrole nitrogens is 1. The smallest absolute Gasteiger partial charge is 0.225 e. The number of hydrogen-bond acceptors (Lipinski definition) is 3. The highest BCUT2D eigenvalue weighted by Crippen LogP contribution is 2.52. The molecule has 4 rings (SSSR count). The highest BCUT2D eigenvalue weighted by atomic mass is 32.1. The Kier molecular flexibility index (Phi) is 3.59. The predicted molar refractivity (Wildman–Crippen MR) is 85.9 cm³/mol. The number of piperidine rings is 1. The number of amides is 1. The first-order chi connectivity index (χ1) is 10.6. The second kappa shape index (κ2) is 5.48. The van der Waals surface area contributed by atoms with Gasteiger partial charge in [-0.1, -0.05) is 19.3 Å². The van der Waals surface area contributed by atoms with Gasteiger partial charge in [-0.2, -0.15) is 5.10 Å². The minimum Gasteiger partial charge on any atom is -0.342 e. The lowest BCUT2D eigenvalue weighted by Crippen LogP contribution is -2.39. The Bertz CT molecular complexity index is 624. The van der Waals surface area contributed by atoms with E-state index in [1.165, 1.54) is 19.3 Å². The van der Waals surface area contributed by atoms with E-state index in [-0.39, 0.29) is 0 Å². The fourth-order valence-electron chi connectivity index (χ4n) is 4.20. The van der Waals surface area contributed by atoms with Gasteiger partial charge in [0.1, 0.15) is 5.82 Å². The molecule has 2 unspecified atom stereocenters. The molecule has 0 bridgehead atoms. The number of rotatable bonds is 3. The van der Waals surface area contributed by atoms with E-state index in [1.54, 1.807) is 0 Å². The van der Waals surface area contributed by atoms with Gasteiger partial charge in [0.2, 0.25) is 5.91 Å². The first kappa shape index (κ1) is 14.4. The lowest BCUT2D eigenvalue weighted by molar-refractivity contribution is -0.134. The molecule has 3 aliphatic rings. The van der Waals surface area contributed by atoms with Crippen molar-refractivity contribution < 1.29 is 4.79 Å². The zero-order chi connectivity index (χ0) is 15.3. The minimum atomic E-state index is 0.350. The normalized spacial score (nSPS) is 29.4. The summed E-state index contributed by atoms with van der Waals surface area (Å²) in [7, 11) is 1.96. The molecule has 2 atom stereocenters. The van der Waals surface area contributed by atoms with Crippen LogP contribution in [0.5, 0.6) is 0 Å². The maximum atomic E-state index is 12.6. The largest absolute Gasteiger partial charge is 0.342 e. The summed E-state index contributed by atoms with van der Waals surface area (Å²) in [4.78, 5) is 14.7. The van der Waals surface area contributed by atoms with Gasteiger partial charge in [-0.3, -0.25) is 9.89 Å². The van der Waals surface area contributed by atoms with Crippen LogP contribution < -0.4 is 0 Å². The van der Waals surface area contributed by atoms with E-state index in [0.717, 1.165) is 44.1 Å². The fourth-order valence-corrected chi connectivity index (χ4v) is 4.34. The van der Waals surface area contributed by atoms with Crippen LogP contribution in [0.4, 0.5) is 0 Å². The third kappa shape index (κ3) is 2.41. The topological polar surface area (TPSA) is 53.9 Å². The van der Waals surface area contributed by atoms with E-state index < -0.39 is 0 Å². The molecule has 2 aliphatic carbocycles. The van der Waals surface area contributed by atoms with Crippen molar-refractivity contribution in [3.05, 3.63) is 10.6 Å². The van der Waals surface area contributed by atoms with Gasteiger partial charge >= 0.3 is 0 Å². The van der Waals surface area contributed by atoms with Gasteiger partial charge in [0, 0.05) is 32.0 Å². The lowest BCUT2D eigenvalue weighted by atomic mass is 9.81. The molecule has 5 nitrogen and oxygen atoms in total. The first-order valence-electron chi connectivity index (χ1n) is 8.55. The van der Waals surface area contributed by atoms with Crippen molar-refractivity contribution in [2.45, 2.75) is 44.4 Å². The molecule has 1 saturated heterocycles. The molecule has 2 heterocycles. The standard InChI is InChI=1S/C16H24N4OS/c1-19-14(17-18-16(19)22)11-5-7-20(8-6-11)15(21)13-9-12(13)10-3-2-4-10/h10-13H,2-9H2,1H3,(H,18,22). The number of likely N-dealkylation sites (tertiary alicyclic amines) is 1. The maximum absolute atomic E-state index is 12.6. The maximum Gasteiger partial charge on any atom is 0.225 e. The van der Waals surface area contributed by atoms with Crippen LogP contribution in [-0.2, 0) is 11.8 Å². The van der Waals surface area contributed by atoms with Crippen LogP contribution in [0.3, 0.4) is 0 Å². The van der Waals surface area contributed by atoms with Gasteiger partial charge in [-0.05, 0) is 43.3 Å². The van der Waals surface area contributed by atoms with Crippen molar-refractivity contribution in [1.82, 2.24) is 19.7 Å². The molecule has 0 aromatic carbocycles. The molecular formula is C16H24N4OS. The molecule has 2 saturated carbocycles. The van der Waals surface area contributed by atoms with Crippen molar-refractivity contribution in [2.75, 3.05) is 13.1 Å². The van der Waals surface area contributed by atoms with Gasteiger partial charge < -0.3 is 9.47 Å². The van der Waals surface area contributed by atoms with Crippen molar-refractivity contribution in [3.8, 4) is 0 Å². The number of aromatic amines is 1. The monoisotopic (exact) mass is 320 g/mol. The van der Waals surface area contributed by atoms with Crippen LogP contribution in [0.25, 0.3) is 0 Å². The van der Waals surface area contributed by atoms with Crippen LogP contribution in [0, 0.1) is 22.5 Å². The van der Waals surface area contributed by atoms with Crippen molar-refractivity contribution in [1.29, 1.82) is 0 Å². The van der Waals surface area contributed by atoms with Crippen LogP contribution >= 0.6 is 12.2 Å². The lowest BCUT2D eigenvalue weighted by Gasteiger charge is -2.32. The van der Waals surface area contributed by atoms with Gasteiger partial charge in [-0.15, -0.1) is 0 Å². The molecular weight excluding hydrogens is 296 g/mol. The number of nitrogens with zero attached hydrogens (tertiary/aromatic N) is 3. The summed E-state index contributed by atoms with van der Waals surface area (Å²) < 4.78 is 2.64. The van der Waals surface area contributed by atoms with Crippen LogP contribution in [0.2, 0.25) is 0 Å². The molecule has 1 N–H and O–H groups in total. The molecule has 1 amide bonds. The van der Waals surface area contributed by atoms with Crippen molar-refractivity contribution in [2.24, 2.45) is 24.8 Å². The molecule has 6 heteroatoms. The summed E-state index contributed by atoms with van der Waals surface area (Å²) in [5.74, 6) is 3.80. The van der Waals surface area contributed by atoms with E-state index in [0.29, 0.717) is 28.4 Å². The molecule has 1 aromatic rings. The Hall–Kier alpha value is -1.17. The molecule has 22 heavy (non-hydrogen) atoms. The van der Waals surface area contributed by atoms with Gasteiger partial charge in [0.05, 0.1) is 0 Å². The third-order valence-corrected chi connectivity index (χ3v) is 6.36. The summed E-state index contributed by atoms with van der Waals surface area (Å²) in [5, 5.41) is 7.22.